The highest BCUT2D eigenvalue weighted by molar-refractivity contribution is 6.64. The van der Waals surface area contributed by atoms with Crippen molar-refractivity contribution in [3.63, 3.8) is 0 Å². The zero-order valence-corrected chi connectivity index (χ0v) is 12.7. The lowest BCUT2D eigenvalue weighted by molar-refractivity contribution is -0.114. The lowest BCUT2D eigenvalue weighted by atomic mass is 10.3. The number of ether oxygens (including phenoxy) is 3. The summed E-state index contributed by atoms with van der Waals surface area (Å²) in [5, 5.41) is -2.20. The van der Waals surface area contributed by atoms with Gasteiger partial charge in [0, 0.05) is 0 Å². The standard InChI is InChI=1S/C12H9Cl3O6/c13-9(16)4-19-7-2-1-3-8(20-5-10(14)17)12(7)21-6-11(15)18/h1-3H,4-6H2. The Bertz CT molecular complexity index is 510. The predicted octanol–water partition coefficient (Wildman–Crippen LogP) is 2.12. The number of rotatable bonds is 9. The number of para-hydroxylation sites is 1. The van der Waals surface area contributed by atoms with Gasteiger partial charge in [0.05, 0.1) is 0 Å². The molecule has 0 bridgehead atoms. The minimum atomic E-state index is -0.752. The van der Waals surface area contributed by atoms with Crippen LogP contribution in [0.15, 0.2) is 18.2 Å². The molecule has 0 aliphatic carbocycles. The first kappa shape index (κ1) is 17.6. The van der Waals surface area contributed by atoms with Crippen molar-refractivity contribution >= 4 is 50.5 Å². The van der Waals surface area contributed by atoms with Crippen LogP contribution >= 0.6 is 34.8 Å². The summed E-state index contributed by atoms with van der Waals surface area (Å²) in [6, 6.07) is 4.45. The molecular formula is C12H9Cl3O6. The van der Waals surface area contributed by atoms with Crippen LogP contribution in [-0.4, -0.2) is 35.5 Å². The summed E-state index contributed by atoms with van der Waals surface area (Å²) < 4.78 is 15.4. The van der Waals surface area contributed by atoms with Crippen molar-refractivity contribution in [3.8, 4) is 17.2 Å². The number of hydrogen-bond acceptors (Lipinski definition) is 6. The van der Waals surface area contributed by atoms with Gasteiger partial charge in [-0.1, -0.05) is 6.07 Å². The molecule has 6 nitrogen and oxygen atoms in total. The molecule has 0 aliphatic rings. The fourth-order valence-electron chi connectivity index (χ4n) is 1.26. The van der Waals surface area contributed by atoms with Gasteiger partial charge in [0.15, 0.2) is 31.3 Å². The molecular weight excluding hydrogens is 346 g/mol. The van der Waals surface area contributed by atoms with Crippen LogP contribution in [0.3, 0.4) is 0 Å². The van der Waals surface area contributed by atoms with E-state index in [0.29, 0.717) is 0 Å². The third-order valence-electron chi connectivity index (χ3n) is 1.96. The van der Waals surface area contributed by atoms with Gasteiger partial charge < -0.3 is 14.2 Å². The van der Waals surface area contributed by atoms with E-state index in [1.165, 1.54) is 18.2 Å². The summed E-state index contributed by atoms with van der Waals surface area (Å²) in [6.45, 7) is -1.28. The SMILES string of the molecule is O=C(Cl)COc1cccc(OCC(=O)Cl)c1OCC(=O)Cl. The van der Waals surface area contributed by atoms with E-state index in [1.807, 2.05) is 0 Å². The maximum Gasteiger partial charge on any atom is 0.259 e. The number of carbonyl (C=O) groups is 3. The van der Waals surface area contributed by atoms with E-state index in [4.69, 9.17) is 49.0 Å². The maximum absolute atomic E-state index is 10.8. The van der Waals surface area contributed by atoms with E-state index < -0.39 is 35.5 Å². The summed E-state index contributed by atoms with van der Waals surface area (Å²) in [6.07, 6.45) is 0. The smallest absolute Gasteiger partial charge is 0.259 e. The summed E-state index contributed by atoms with van der Waals surface area (Å²) in [5.74, 6) is 0.199. The molecule has 114 valence electrons. The van der Waals surface area contributed by atoms with E-state index >= 15 is 0 Å². The first-order valence-electron chi connectivity index (χ1n) is 5.46. The molecule has 0 spiro atoms. The second-order valence-corrected chi connectivity index (χ2v) is 4.78. The zero-order valence-electron chi connectivity index (χ0n) is 10.4. The van der Waals surface area contributed by atoms with Gasteiger partial charge in [-0.05, 0) is 46.9 Å². The first-order valence-corrected chi connectivity index (χ1v) is 6.60. The molecule has 1 aromatic carbocycles. The van der Waals surface area contributed by atoms with Crippen molar-refractivity contribution in [1.29, 1.82) is 0 Å². The maximum atomic E-state index is 10.8. The Balaban J connectivity index is 2.97. The van der Waals surface area contributed by atoms with E-state index in [2.05, 4.69) is 0 Å². The molecule has 0 N–H and O–H groups in total. The van der Waals surface area contributed by atoms with E-state index in [9.17, 15) is 14.4 Å². The molecule has 0 saturated heterocycles. The second-order valence-electron chi connectivity index (χ2n) is 3.51. The minimum absolute atomic E-state index is 0.00216. The summed E-state index contributed by atoms with van der Waals surface area (Å²) in [7, 11) is 0. The number of halogens is 3. The van der Waals surface area contributed by atoms with Crippen LogP contribution in [0.2, 0.25) is 0 Å². The third kappa shape index (κ3) is 6.66. The topological polar surface area (TPSA) is 78.9 Å². The highest BCUT2D eigenvalue weighted by Gasteiger charge is 2.15. The van der Waals surface area contributed by atoms with Crippen molar-refractivity contribution in [2.75, 3.05) is 19.8 Å². The zero-order chi connectivity index (χ0) is 15.8. The second kappa shape index (κ2) is 8.71. The van der Waals surface area contributed by atoms with Gasteiger partial charge in [0.25, 0.3) is 15.7 Å². The van der Waals surface area contributed by atoms with E-state index in [0.717, 1.165) is 0 Å². The van der Waals surface area contributed by atoms with Crippen LogP contribution in [0.1, 0.15) is 0 Å². The van der Waals surface area contributed by atoms with Gasteiger partial charge in [0.2, 0.25) is 5.75 Å². The Labute approximate surface area is 134 Å². The molecule has 0 atom stereocenters. The Morgan fingerprint density at radius 3 is 1.52 bits per heavy atom. The van der Waals surface area contributed by atoms with E-state index in [-0.39, 0.29) is 17.2 Å². The molecule has 21 heavy (non-hydrogen) atoms. The number of benzene rings is 1. The largest absolute Gasteiger partial charge is 0.480 e. The van der Waals surface area contributed by atoms with Crippen LogP contribution in [0.25, 0.3) is 0 Å². The van der Waals surface area contributed by atoms with Crippen molar-refractivity contribution in [2.24, 2.45) is 0 Å². The van der Waals surface area contributed by atoms with Crippen molar-refractivity contribution in [1.82, 2.24) is 0 Å². The quantitative estimate of drug-likeness (QED) is 0.631. The monoisotopic (exact) mass is 354 g/mol. The van der Waals surface area contributed by atoms with E-state index in [1.54, 1.807) is 0 Å². The molecule has 1 aromatic rings. The third-order valence-corrected chi connectivity index (χ3v) is 2.28. The Morgan fingerprint density at radius 2 is 1.14 bits per heavy atom. The normalized spacial score (nSPS) is 9.86. The fraction of sp³-hybridized carbons (Fsp3) is 0.250. The Morgan fingerprint density at radius 1 is 0.762 bits per heavy atom. The predicted molar refractivity (Wildman–Crippen MR) is 75.5 cm³/mol. The lowest BCUT2D eigenvalue weighted by Gasteiger charge is -2.14. The molecule has 0 saturated carbocycles. The van der Waals surface area contributed by atoms with Gasteiger partial charge >= 0.3 is 0 Å². The number of hydrogen-bond donors (Lipinski definition) is 0. The molecule has 9 heteroatoms. The molecule has 0 fully saturated rings. The van der Waals surface area contributed by atoms with Crippen molar-refractivity contribution in [2.45, 2.75) is 0 Å². The summed E-state index contributed by atoms with van der Waals surface area (Å²) >= 11 is 15.5. The van der Waals surface area contributed by atoms with Crippen LogP contribution < -0.4 is 14.2 Å². The van der Waals surface area contributed by atoms with Crippen molar-refractivity contribution < 1.29 is 28.6 Å². The molecule has 0 amide bonds. The minimum Gasteiger partial charge on any atom is -0.480 e. The van der Waals surface area contributed by atoms with Crippen LogP contribution in [-0.2, 0) is 14.4 Å². The average Bonchev–Trinajstić information content (AvgIpc) is 2.40. The highest BCUT2D eigenvalue weighted by Crippen LogP contribution is 2.37. The molecule has 0 heterocycles. The molecule has 0 radical (unpaired) electrons. The fourth-order valence-corrected chi connectivity index (χ4v) is 1.43. The van der Waals surface area contributed by atoms with Gasteiger partial charge in [-0.25, -0.2) is 0 Å². The summed E-state index contributed by atoms with van der Waals surface area (Å²) in [4.78, 5) is 32.2. The lowest BCUT2D eigenvalue weighted by Crippen LogP contribution is -2.11. The molecule has 0 aromatic heterocycles. The number of carbonyl (C=O) groups excluding carboxylic acids is 3. The van der Waals surface area contributed by atoms with Crippen molar-refractivity contribution in [3.05, 3.63) is 18.2 Å². The van der Waals surface area contributed by atoms with Gasteiger partial charge in [-0.3, -0.25) is 14.4 Å². The molecule has 0 unspecified atom stereocenters. The van der Waals surface area contributed by atoms with Gasteiger partial charge in [-0.15, -0.1) is 0 Å². The van der Waals surface area contributed by atoms with Crippen LogP contribution in [0.5, 0.6) is 17.2 Å². The Kier molecular flexibility index (Phi) is 7.28. The average molecular weight is 356 g/mol. The highest BCUT2D eigenvalue weighted by atomic mass is 35.5. The van der Waals surface area contributed by atoms with Crippen LogP contribution in [0.4, 0.5) is 0 Å². The molecule has 1 rings (SSSR count). The Hall–Kier alpha value is -1.50. The molecule has 0 aliphatic heterocycles. The summed E-state index contributed by atoms with van der Waals surface area (Å²) in [5.41, 5.74) is 0. The first-order chi connectivity index (χ1) is 9.90. The van der Waals surface area contributed by atoms with Gasteiger partial charge in [-0.2, -0.15) is 0 Å². The van der Waals surface area contributed by atoms with Crippen LogP contribution in [0, 0.1) is 0 Å². The van der Waals surface area contributed by atoms with Gasteiger partial charge in [0.1, 0.15) is 0 Å².